The maximum Gasteiger partial charge on any atom is 0.161 e. The molecule has 0 aliphatic heterocycles. The van der Waals surface area contributed by atoms with Crippen molar-refractivity contribution in [3.63, 3.8) is 0 Å². The Labute approximate surface area is 160 Å². The molecule has 0 aromatic heterocycles. The summed E-state index contributed by atoms with van der Waals surface area (Å²) in [4.78, 5) is 0. The molecule has 2 aromatic carbocycles. The highest BCUT2D eigenvalue weighted by atomic mass is 35.5. The lowest BCUT2D eigenvalue weighted by Gasteiger charge is -2.14. The molecule has 0 aliphatic rings. The van der Waals surface area contributed by atoms with Gasteiger partial charge in [0.25, 0.3) is 0 Å². The Balaban J connectivity index is 2.03. The molecule has 0 atom stereocenters. The van der Waals surface area contributed by atoms with Gasteiger partial charge in [-0.25, -0.2) is 0 Å². The van der Waals surface area contributed by atoms with E-state index in [0.717, 1.165) is 24.4 Å². The largest absolute Gasteiger partial charge is 0.490 e. The zero-order valence-electron chi connectivity index (χ0n) is 14.8. The molecule has 0 spiro atoms. The van der Waals surface area contributed by atoms with Gasteiger partial charge in [-0.2, -0.15) is 0 Å². The first-order valence-corrected chi connectivity index (χ1v) is 9.42. The van der Waals surface area contributed by atoms with Crippen LogP contribution in [0, 0.1) is 0 Å². The van der Waals surface area contributed by atoms with Gasteiger partial charge in [-0.1, -0.05) is 48.7 Å². The summed E-state index contributed by atoms with van der Waals surface area (Å²) < 4.78 is 11.7. The van der Waals surface area contributed by atoms with Crippen LogP contribution in [0.25, 0.3) is 0 Å². The van der Waals surface area contributed by atoms with Crippen molar-refractivity contribution in [2.75, 3.05) is 13.2 Å². The van der Waals surface area contributed by atoms with Gasteiger partial charge in [-0.05, 0) is 49.7 Å². The topological polar surface area (TPSA) is 30.5 Å². The molecular weight excluding hydrogens is 357 g/mol. The van der Waals surface area contributed by atoms with E-state index in [9.17, 15) is 0 Å². The molecule has 25 heavy (non-hydrogen) atoms. The lowest BCUT2D eigenvalue weighted by atomic mass is 10.2. The van der Waals surface area contributed by atoms with E-state index < -0.39 is 0 Å². The van der Waals surface area contributed by atoms with Gasteiger partial charge >= 0.3 is 0 Å². The van der Waals surface area contributed by atoms with Crippen LogP contribution in [0.5, 0.6) is 11.5 Å². The molecule has 136 valence electrons. The van der Waals surface area contributed by atoms with Crippen molar-refractivity contribution in [2.24, 2.45) is 0 Å². The number of ether oxygens (including phenoxy) is 2. The summed E-state index contributed by atoms with van der Waals surface area (Å²) in [6.45, 7) is 6.95. The predicted molar refractivity (Wildman–Crippen MR) is 105 cm³/mol. The van der Waals surface area contributed by atoms with Crippen LogP contribution in [0.3, 0.4) is 0 Å². The molecule has 0 fully saturated rings. The van der Waals surface area contributed by atoms with Gasteiger partial charge in [-0.15, -0.1) is 0 Å². The van der Waals surface area contributed by atoms with Crippen LogP contribution < -0.4 is 14.8 Å². The molecule has 0 saturated heterocycles. The zero-order valence-corrected chi connectivity index (χ0v) is 16.3. The van der Waals surface area contributed by atoms with E-state index in [1.54, 1.807) is 12.1 Å². The Morgan fingerprint density at radius 3 is 2.52 bits per heavy atom. The van der Waals surface area contributed by atoms with Crippen molar-refractivity contribution >= 4 is 23.2 Å². The van der Waals surface area contributed by atoms with Gasteiger partial charge in [0.1, 0.15) is 6.61 Å². The molecule has 0 aliphatic carbocycles. The average Bonchev–Trinajstić information content (AvgIpc) is 2.59. The highest BCUT2D eigenvalue weighted by Gasteiger charge is 2.09. The third kappa shape index (κ3) is 6.43. The van der Waals surface area contributed by atoms with Crippen LogP contribution in [0.1, 0.15) is 37.8 Å². The van der Waals surface area contributed by atoms with E-state index in [4.69, 9.17) is 32.7 Å². The highest BCUT2D eigenvalue weighted by Crippen LogP contribution is 2.30. The predicted octanol–water partition coefficient (Wildman–Crippen LogP) is 5.86. The van der Waals surface area contributed by atoms with Gasteiger partial charge in [0.2, 0.25) is 0 Å². The van der Waals surface area contributed by atoms with Gasteiger partial charge in [0, 0.05) is 22.2 Å². The minimum Gasteiger partial charge on any atom is -0.490 e. The maximum absolute atomic E-state index is 6.20. The van der Waals surface area contributed by atoms with Crippen molar-refractivity contribution in [2.45, 2.75) is 39.8 Å². The Hall–Kier alpha value is -1.42. The fraction of sp³-hybridized carbons (Fsp3) is 0.400. The number of halogens is 2. The normalized spacial score (nSPS) is 10.7. The van der Waals surface area contributed by atoms with Crippen molar-refractivity contribution in [3.05, 3.63) is 57.6 Å². The number of hydrogen-bond donors (Lipinski definition) is 1. The summed E-state index contributed by atoms with van der Waals surface area (Å²) in [6, 6.07) is 11.4. The molecule has 5 heteroatoms. The number of hydrogen-bond acceptors (Lipinski definition) is 3. The quantitative estimate of drug-likeness (QED) is 0.522. The zero-order chi connectivity index (χ0) is 18.1. The van der Waals surface area contributed by atoms with Crippen LogP contribution in [0.2, 0.25) is 10.0 Å². The van der Waals surface area contributed by atoms with Crippen LogP contribution >= 0.6 is 23.2 Å². The summed E-state index contributed by atoms with van der Waals surface area (Å²) >= 11 is 12.1. The second-order valence-electron chi connectivity index (χ2n) is 5.77. The van der Waals surface area contributed by atoms with Crippen molar-refractivity contribution in [1.82, 2.24) is 5.32 Å². The summed E-state index contributed by atoms with van der Waals surface area (Å²) in [5.74, 6) is 1.47. The molecule has 0 amide bonds. The lowest BCUT2D eigenvalue weighted by Crippen LogP contribution is -2.14. The summed E-state index contributed by atoms with van der Waals surface area (Å²) in [6.07, 6.45) is 2.37. The van der Waals surface area contributed by atoms with Crippen LogP contribution in [-0.4, -0.2) is 13.2 Å². The van der Waals surface area contributed by atoms with Crippen molar-refractivity contribution < 1.29 is 9.47 Å². The first kappa shape index (κ1) is 19.9. The molecule has 2 rings (SSSR count). The second-order valence-corrected chi connectivity index (χ2v) is 6.61. The number of nitrogens with one attached hydrogen (secondary N) is 1. The third-order valence-corrected chi connectivity index (χ3v) is 4.33. The standard InChI is InChI=1S/C20H25Cl2NO2/c1-3-5-10-23-13-15-6-9-19(20(11-15)24-4-2)25-14-16-7-8-17(21)12-18(16)22/h6-9,11-12,23H,3-5,10,13-14H2,1-2H3. The van der Waals surface area contributed by atoms with Gasteiger partial charge in [-0.3, -0.25) is 0 Å². The monoisotopic (exact) mass is 381 g/mol. The van der Waals surface area contributed by atoms with Gasteiger partial charge < -0.3 is 14.8 Å². The number of benzene rings is 2. The van der Waals surface area contributed by atoms with E-state index in [1.807, 2.05) is 25.1 Å². The van der Waals surface area contributed by atoms with Crippen LogP contribution in [-0.2, 0) is 13.2 Å². The number of rotatable bonds is 10. The summed E-state index contributed by atoms with van der Waals surface area (Å²) in [7, 11) is 0. The first-order chi connectivity index (χ1) is 12.1. The van der Waals surface area contributed by atoms with Crippen molar-refractivity contribution in [3.8, 4) is 11.5 Å². The second kappa shape index (κ2) is 10.5. The molecule has 0 heterocycles. The van der Waals surface area contributed by atoms with Crippen LogP contribution in [0.4, 0.5) is 0 Å². The molecule has 0 saturated carbocycles. The highest BCUT2D eigenvalue weighted by molar-refractivity contribution is 6.35. The fourth-order valence-corrected chi connectivity index (χ4v) is 2.84. The van der Waals surface area contributed by atoms with Gasteiger partial charge in [0.05, 0.1) is 6.61 Å². The average molecular weight is 382 g/mol. The van der Waals surface area contributed by atoms with E-state index >= 15 is 0 Å². The van der Waals surface area contributed by atoms with Crippen LogP contribution in [0.15, 0.2) is 36.4 Å². The minimum atomic E-state index is 0.365. The fourth-order valence-electron chi connectivity index (χ4n) is 2.38. The Kier molecular flexibility index (Phi) is 8.39. The molecule has 0 bridgehead atoms. The van der Waals surface area contributed by atoms with E-state index in [2.05, 4.69) is 18.3 Å². The van der Waals surface area contributed by atoms with Gasteiger partial charge in [0.15, 0.2) is 11.5 Å². The maximum atomic E-state index is 6.20. The SMILES string of the molecule is CCCCNCc1ccc(OCc2ccc(Cl)cc2Cl)c(OCC)c1. The van der Waals surface area contributed by atoms with E-state index in [1.165, 1.54) is 18.4 Å². The van der Waals surface area contributed by atoms with E-state index in [0.29, 0.717) is 29.0 Å². The Morgan fingerprint density at radius 2 is 1.80 bits per heavy atom. The molecular formula is C20H25Cl2NO2. The number of unbranched alkanes of at least 4 members (excludes halogenated alkanes) is 1. The first-order valence-electron chi connectivity index (χ1n) is 8.67. The molecule has 1 N–H and O–H groups in total. The third-order valence-electron chi connectivity index (χ3n) is 3.74. The Bertz CT molecular complexity index is 677. The molecule has 2 aromatic rings. The summed E-state index contributed by atoms with van der Waals surface area (Å²) in [5, 5.41) is 4.65. The van der Waals surface area contributed by atoms with Crippen molar-refractivity contribution in [1.29, 1.82) is 0 Å². The smallest absolute Gasteiger partial charge is 0.161 e. The molecule has 3 nitrogen and oxygen atoms in total. The minimum absolute atomic E-state index is 0.365. The molecule has 0 unspecified atom stereocenters. The summed E-state index contributed by atoms with van der Waals surface area (Å²) in [5.41, 5.74) is 2.07. The Morgan fingerprint density at radius 1 is 0.960 bits per heavy atom. The van der Waals surface area contributed by atoms with E-state index in [-0.39, 0.29) is 0 Å². The molecule has 0 radical (unpaired) electrons. The lowest BCUT2D eigenvalue weighted by molar-refractivity contribution is 0.269.